The first-order chi connectivity index (χ1) is 9.05. The Morgan fingerprint density at radius 1 is 0.900 bits per heavy atom. The van der Waals surface area contributed by atoms with E-state index in [1.807, 2.05) is 0 Å². The molecule has 0 atom stereocenters. The van der Waals surface area contributed by atoms with Crippen molar-refractivity contribution in [1.29, 1.82) is 0 Å². The standard InChI is InChI=1S/C12H11F7O/c13-10(14,11(15,16)12(17,18)19)9-6-2-1-4-8(9)5-3-7-20/h1-2,4,6,20H,3,5,7H2. The van der Waals surface area contributed by atoms with E-state index < -0.39 is 30.2 Å². The molecule has 0 saturated carbocycles. The molecule has 1 aromatic carbocycles. The maximum absolute atomic E-state index is 13.6. The molecule has 0 heterocycles. The van der Waals surface area contributed by atoms with E-state index >= 15 is 0 Å². The van der Waals surface area contributed by atoms with Gasteiger partial charge in [-0.1, -0.05) is 24.3 Å². The van der Waals surface area contributed by atoms with Crippen LogP contribution in [0.5, 0.6) is 0 Å². The van der Waals surface area contributed by atoms with Gasteiger partial charge in [-0.05, 0) is 18.4 Å². The van der Waals surface area contributed by atoms with Crippen LogP contribution >= 0.6 is 0 Å². The van der Waals surface area contributed by atoms with Gasteiger partial charge in [0.2, 0.25) is 0 Å². The fourth-order valence-electron chi connectivity index (χ4n) is 1.66. The van der Waals surface area contributed by atoms with Gasteiger partial charge in [0.1, 0.15) is 0 Å². The minimum Gasteiger partial charge on any atom is -0.396 e. The molecular formula is C12H11F7O. The highest BCUT2D eigenvalue weighted by Crippen LogP contribution is 2.52. The van der Waals surface area contributed by atoms with Gasteiger partial charge in [-0.3, -0.25) is 0 Å². The van der Waals surface area contributed by atoms with Crippen LogP contribution in [-0.2, 0) is 12.3 Å². The summed E-state index contributed by atoms with van der Waals surface area (Å²) in [5, 5.41) is 8.59. The second kappa shape index (κ2) is 5.59. The Bertz CT molecular complexity index is 453. The van der Waals surface area contributed by atoms with Crippen molar-refractivity contribution in [2.45, 2.75) is 30.9 Å². The Hall–Kier alpha value is -1.31. The third-order valence-corrected chi connectivity index (χ3v) is 2.71. The van der Waals surface area contributed by atoms with Gasteiger partial charge in [-0.2, -0.15) is 30.7 Å². The number of hydrogen-bond donors (Lipinski definition) is 1. The maximum Gasteiger partial charge on any atom is 0.460 e. The van der Waals surface area contributed by atoms with Crippen LogP contribution in [0.25, 0.3) is 0 Å². The number of rotatable bonds is 5. The Morgan fingerprint density at radius 2 is 1.45 bits per heavy atom. The highest BCUT2D eigenvalue weighted by atomic mass is 19.4. The zero-order valence-electron chi connectivity index (χ0n) is 10.0. The van der Waals surface area contributed by atoms with Gasteiger partial charge >= 0.3 is 18.0 Å². The predicted octanol–water partition coefficient (Wildman–Crippen LogP) is 3.90. The summed E-state index contributed by atoms with van der Waals surface area (Å²) in [6.45, 7) is -0.393. The van der Waals surface area contributed by atoms with E-state index in [9.17, 15) is 30.7 Å². The molecule has 0 aliphatic carbocycles. The van der Waals surface area contributed by atoms with E-state index in [1.165, 1.54) is 6.07 Å². The van der Waals surface area contributed by atoms with Crippen LogP contribution in [0, 0.1) is 0 Å². The van der Waals surface area contributed by atoms with E-state index in [4.69, 9.17) is 5.11 Å². The molecule has 0 aliphatic heterocycles. The van der Waals surface area contributed by atoms with Crippen LogP contribution in [0.3, 0.4) is 0 Å². The van der Waals surface area contributed by atoms with Crippen molar-refractivity contribution < 1.29 is 35.8 Å². The molecule has 0 amide bonds. The zero-order chi connectivity index (χ0) is 15.6. The van der Waals surface area contributed by atoms with Gasteiger partial charge in [-0.25, -0.2) is 0 Å². The average Bonchev–Trinajstić information content (AvgIpc) is 2.35. The van der Waals surface area contributed by atoms with Crippen LogP contribution in [0.4, 0.5) is 30.7 Å². The quantitative estimate of drug-likeness (QED) is 0.818. The van der Waals surface area contributed by atoms with Crippen molar-refractivity contribution in [1.82, 2.24) is 0 Å². The van der Waals surface area contributed by atoms with Crippen LogP contribution in [0.2, 0.25) is 0 Å². The highest BCUT2D eigenvalue weighted by Gasteiger charge is 2.73. The number of aliphatic hydroxyl groups is 1. The average molecular weight is 304 g/mol. The molecular weight excluding hydrogens is 293 g/mol. The first-order valence-corrected chi connectivity index (χ1v) is 5.57. The van der Waals surface area contributed by atoms with Crippen LogP contribution in [-0.4, -0.2) is 23.8 Å². The number of alkyl halides is 7. The summed E-state index contributed by atoms with van der Waals surface area (Å²) in [6.07, 6.45) is -6.61. The summed E-state index contributed by atoms with van der Waals surface area (Å²) < 4.78 is 89.5. The van der Waals surface area contributed by atoms with E-state index in [1.54, 1.807) is 0 Å². The fraction of sp³-hybridized carbons (Fsp3) is 0.500. The monoisotopic (exact) mass is 304 g/mol. The molecule has 0 aromatic heterocycles. The van der Waals surface area contributed by atoms with Gasteiger partial charge in [-0.15, -0.1) is 0 Å². The smallest absolute Gasteiger partial charge is 0.396 e. The summed E-state index contributed by atoms with van der Waals surface area (Å²) in [5.74, 6) is -11.5. The molecule has 114 valence electrons. The lowest BCUT2D eigenvalue weighted by Crippen LogP contribution is -2.50. The molecule has 0 fully saturated rings. The first-order valence-electron chi connectivity index (χ1n) is 5.57. The third-order valence-electron chi connectivity index (χ3n) is 2.71. The topological polar surface area (TPSA) is 20.2 Å². The van der Waals surface area contributed by atoms with Gasteiger partial charge in [0.25, 0.3) is 0 Å². The highest BCUT2D eigenvalue weighted by molar-refractivity contribution is 5.33. The molecule has 0 saturated heterocycles. The molecule has 1 N–H and O–H groups in total. The molecule has 0 aliphatic rings. The van der Waals surface area contributed by atoms with Gasteiger partial charge in [0, 0.05) is 12.2 Å². The molecule has 20 heavy (non-hydrogen) atoms. The van der Waals surface area contributed by atoms with E-state index in [2.05, 4.69) is 0 Å². The largest absolute Gasteiger partial charge is 0.460 e. The first kappa shape index (κ1) is 16.7. The number of aliphatic hydroxyl groups excluding tert-OH is 1. The second-order valence-corrected chi connectivity index (χ2v) is 4.13. The van der Waals surface area contributed by atoms with Crippen molar-refractivity contribution in [3.63, 3.8) is 0 Å². The molecule has 0 spiro atoms. The number of halogens is 7. The molecule has 1 nitrogen and oxygen atoms in total. The Morgan fingerprint density at radius 3 is 1.95 bits per heavy atom. The minimum atomic E-state index is -6.36. The van der Waals surface area contributed by atoms with Crippen LogP contribution in [0.1, 0.15) is 17.5 Å². The van der Waals surface area contributed by atoms with Gasteiger partial charge in [0.15, 0.2) is 0 Å². The number of hydrogen-bond acceptors (Lipinski definition) is 1. The molecule has 1 aromatic rings. The third kappa shape index (κ3) is 2.89. The molecule has 8 heteroatoms. The lowest BCUT2D eigenvalue weighted by atomic mass is 9.94. The van der Waals surface area contributed by atoms with Crippen LogP contribution < -0.4 is 0 Å². The van der Waals surface area contributed by atoms with E-state index in [-0.39, 0.29) is 18.4 Å². The van der Waals surface area contributed by atoms with Crippen molar-refractivity contribution >= 4 is 0 Å². The second-order valence-electron chi connectivity index (χ2n) is 4.13. The van der Waals surface area contributed by atoms with Crippen molar-refractivity contribution in [3.8, 4) is 0 Å². The molecule has 0 unspecified atom stereocenters. The Labute approximate surface area is 110 Å². The minimum absolute atomic E-state index is 0.0231. The summed E-state index contributed by atoms with van der Waals surface area (Å²) in [5.41, 5.74) is -1.73. The van der Waals surface area contributed by atoms with Crippen LogP contribution in [0.15, 0.2) is 24.3 Å². The lowest BCUT2D eigenvalue weighted by Gasteiger charge is -2.29. The normalized spacial score (nSPS) is 13.6. The maximum atomic E-state index is 13.6. The summed E-state index contributed by atoms with van der Waals surface area (Å²) in [6, 6.07) is 3.77. The van der Waals surface area contributed by atoms with Crippen molar-refractivity contribution in [2.75, 3.05) is 6.61 Å². The van der Waals surface area contributed by atoms with E-state index in [0.29, 0.717) is 6.07 Å². The van der Waals surface area contributed by atoms with Crippen molar-refractivity contribution in [2.24, 2.45) is 0 Å². The molecule has 0 bridgehead atoms. The summed E-state index contributed by atoms with van der Waals surface area (Å²) in [7, 11) is 0. The molecule has 1 rings (SSSR count). The van der Waals surface area contributed by atoms with E-state index in [0.717, 1.165) is 12.1 Å². The Kier molecular flexibility index (Phi) is 4.68. The zero-order valence-corrected chi connectivity index (χ0v) is 10.0. The SMILES string of the molecule is OCCCc1ccccc1C(F)(F)C(F)(F)C(F)(F)F. The fourth-order valence-corrected chi connectivity index (χ4v) is 1.66. The number of aryl methyl sites for hydroxylation is 1. The van der Waals surface area contributed by atoms with Gasteiger partial charge in [0.05, 0.1) is 0 Å². The predicted molar refractivity (Wildman–Crippen MR) is 56.7 cm³/mol. The summed E-state index contributed by atoms with van der Waals surface area (Å²) in [4.78, 5) is 0. The van der Waals surface area contributed by atoms with Gasteiger partial charge < -0.3 is 5.11 Å². The summed E-state index contributed by atoms with van der Waals surface area (Å²) >= 11 is 0. The van der Waals surface area contributed by atoms with Crippen molar-refractivity contribution in [3.05, 3.63) is 35.4 Å². The lowest BCUT2D eigenvalue weighted by molar-refractivity contribution is -0.359. The number of benzene rings is 1. The Balaban J connectivity index is 3.28. The molecule has 0 radical (unpaired) electrons.